The lowest BCUT2D eigenvalue weighted by Crippen LogP contribution is -2.14. The van der Waals surface area contributed by atoms with Gasteiger partial charge in [0.2, 0.25) is 0 Å². The Bertz CT molecular complexity index is 543. The Kier molecular flexibility index (Phi) is 3.60. The van der Waals surface area contributed by atoms with E-state index < -0.39 is 0 Å². The molecule has 0 aliphatic heterocycles. The van der Waals surface area contributed by atoms with E-state index in [4.69, 9.17) is 0 Å². The normalized spacial score (nSPS) is 14.8. The van der Waals surface area contributed by atoms with E-state index in [1.807, 2.05) is 23.3 Å². The number of nitrogens with zero attached hydrogens (tertiary/aromatic N) is 3. The van der Waals surface area contributed by atoms with Gasteiger partial charge in [0.15, 0.2) is 0 Å². The molecule has 4 nitrogen and oxygen atoms in total. The van der Waals surface area contributed by atoms with Crippen molar-refractivity contribution in [3.63, 3.8) is 0 Å². The number of nitrogens with one attached hydrogen (secondary N) is 1. The highest BCUT2D eigenvalue weighted by Gasteiger charge is 2.25. The summed E-state index contributed by atoms with van der Waals surface area (Å²) < 4.78 is 1.93. The average Bonchev–Trinajstić information content (AvgIpc) is 3.17. The second kappa shape index (κ2) is 5.53. The van der Waals surface area contributed by atoms with E-state index in [1.54, 1.807) is 0 Å². The van der Waals surface area contributed by atoms with Crippen LogP contribution in [-0.4, -0.2) is 21.3 Å². The number of hydrogen-bond acceptors (Lipinski definition) is 3. The van der Waals surface area contributed by atoms with Crippen LogP contribution in [0.2, 0.25) is 0 Å². The van der Waals surface area contributed by atoms with Gasteiger partial charge in [0, 0.05) is 24.9 Å². The lowest BCUT2D eigenvalue weighted by Gasteiger charge is -2.06. The molecule has 2 heterocycles. The third-order valence-corrected chi connectivity index (χ3v) is 3.41. The third kappa shape index (κ3) is 3.01. The average molecular weight is 256 g/mol. The van der Waals surface area contributed by atoms with Gasteiger partial charge in [-0.2, -0.15) is 5.10 Å². The predicted molar refractivity (Wildman–Crippen MR) is 75.3 cm³/mol. The van der Waals surface area contributed by atoms with Crippen LogP contribution in [-0.2, 0) is 6.54 Å². The Morgan fingerprint density at radius 2 is 2.26 bits per heavy atom. The van der Waals surface area contributed by atoms with Crippen LogP contribution in [0.4, 0.5) is 0 Å². The quantitative estimate of drug-likeness (QED) is 0.808. The van der Waals surface area contributed by atoms with Crippen molar-refractivity contribution >= 4 is 0 Å². The number of aromatic nitrogens is 3. The fraction of sp³-hybridized carbons (Fsp3) is 0.467. The molecule has 1 fully saturated rings. The van der Waals surface area contributed by atoms with Crippen LogP contribution in [0.3, 0.4) is 0 Å². The van der Waals surface area contributed by atoms with E-state index in [1.165, 1.54) is 24.1 Å². The van der Waals surface area contributed by atoms with Gasteiger partial charge in [0.1, 0.15) is 0 Å². The molecule has 2 aromatic heterocycles. The van der Waals surface area contributed by atoms with E-state index >= 15 is 0 Å². The second-order valence-electron chi connectivity index (χ2n) is 5.19. The first-order chi connectivity index (χ1) is 9.36. The Labute approximate surface area is 113 Å². The first-order valence-electron chi connectivity index (χ1n) is 7.07. The molecule has 1 aliphatic rings. The summed E-state index contributed by atoms with van der Waals surface area (Å²) in [6.07, 6.45) is 9.54. The minimum atomic E-state index is 0.698. The largest absolute Gasteiger partial charge is 0.313 e. The highest BCUT2D eigenvalue weighted by molar-refractivity contribution is 5.32. The van der Waals surface area contributed by atoms with Crippen molar-refractivity contribution in [2.24, 2.45) is 0 Å². The van der Waals surface area contributed by atoms with Crippen molar-refractivity contribution in [2.75, 3.05) is 6.54 Å². The van der Waals surface area contributed by atoms with E-state index in [9.17, 15) is 0 Å². The fourth-order valence-corrected chi connectivity index (χ4v) is 2.18. The summed E-state index contributed by atoms with van der Waals surface area (Å²) in [5.74, 6) is 0.698. The molecule has 1 N–H and O–H groups in total. The van der Waals surface area contributed by atoms with Gasteiger partial charge >= 0.3 is 0 Å². The first-order valence-corrected chi connectivity index (χ1v) is 7.07. The van der Waals surface area contributed by atoms with Crippen LogP contribution in [0.15, 0.2) is 30.7 Å². The van der Waals surface area contributed by atoms with E-state index in [0.29, 0.717) is 5.92 Å². The van der Waals surface area contributed by atoms with Crippen LogP contribution in [0, 0.1) is 0 Å². The van der Waals surface area contributed by atoms with E-state index in [2.05, 4.69) is 34.5 Å². The maximum absolute atomic E-state index is 4.64. The zero-order valence-corrected chi connectivity index (χ0v) is 11.3. The summed E-state index contributed by atoms with van der Waals surface area (Å²) in [6, 6.07) is 4.28. The zero-order chi connectivity index (χ0) is 13.1. The minimum Gasteiger partial charge on any atom is -0.313 e. The maximum atomic E-state index is 4.64. The molecule has 1 aliphatic carbocycles. The Morgan fingerprint density at radius 1 is 1.37 bits per heavy atom. The summed E-state index contributed by atoms with van der Waals surface area (Å²) in [7, 11) is 0. The molecule has 4 heteroatoms. The molecule has 0 amide bonds. The molecule has 0 atom stereocenters. The molecule has 0 unspecified atom stereocenters. The monoisotopic (exact) mass is 256 g/mol. The lowest BCUT2D eigenvalue weighted by atomic mass is 10.2. The molecule has 0 radical (unpaired) electrons. The van der Waals surface area contributed by atoms with Gasteiger partial charge in [-0.3, -0.25) is 4.98 Å². The van der Waals surface area contributed by atoms with Gasteiger partial charge < -0.3 is 5.32 Å². The van der Waals surface area contributed by atoms with Crippen LogP contribution in [0.25, 0.3) is 5.69 Å². The Hall–Kier alpha value is -1.68. The summed E-state index contributed by atoms with van der Waals surface area (Å²) >= 11 is 0. The molecule has 100 valence electrons. The third-order valence-electron chi connectivity index (χ3n) is 3.41. The van der Waals surface area contributed by atoms with Crippen LogP contribution in [0.5, 0.6) is 0 Å². The predicted octanol–water partition coefficient (Wildman–Crippen LogP) is 2.64. The molecule has 2 aromatic rings. The summed E-state index contributed by atoms with van der Waals surface area (Å²) in [5.41, 5.74) is 3.46. The highest BCUT2D eigenvalue weighted by atomic mass is 15.3. The van der Waals surface area contributed by atoms with Crippen LogP contribution in [0.1, 0.15) is 43.4 Å². The minimum absolute atomic E-state index is 0.698. The Balaban J connectivity index is 1.73. The zero-order valence-electron chi connectivity index (χ0n) is 11.3. The fourth-order valence-electron chi connectivity index (χ4n) is 2.18. The van der Waals surface area contributed by atoms with Gasteiger partial charge in [-0.1, -0.05) is 6.92 Å². The van der Waals surface area contributed by atoms with Gasteiger partial charge in [-0.25, -0.2) is 4.68 Å². The summed E-state index contributed by atoms with van der Waals surface area (Å²) in [4.78, 5) is 4.31. The van der Waals surface area contributed by atoms with Crippen molar-refractivity contribution in [1.29, 1.82) is 0 Å². The van der Waals surface area contributed by atoms with Crippen molar-refractivity contribution in [2.45, 2.75) is 38.6 Å². The van der Waals surface area contributed by atoms with Crippen LogP contribution >= 0.6 is 0 Å². The summed E-state index contributed by atoms with van der Waals surface area (Å²) in [5, 5.41) is 8.03. The standard InChI is InChI=1S/C15H20N4/c1-2-6-16-9-12-8-14(11-17-10-12)19-7-5-15(18-19)13-3-4-13/h5,7-8,10-11,13,16H,2-4,6,9H2,1H3. The van der Waals surface area contributed by atoms with Crippen molar-refractivity contribution < 1.29 is 0 Å². The molecule has 0 saturated heterocycles. The highest BCUT2D eigenvalue weighted by Crippen LogP contribution is 2.38. The molecule has 0 spiro atoms. The van der Waals surface area contributed by atoms with Gasteiger partial charge in [0.05, 0.1) is 17.6 Å². The lowest BCUT2D eigenvalue weighted by molar-refractivity contribution is 0.673. The van der Waals surface area contributed by atoms with Gasteiger partial charge in [-0.15, -0.1) is 0 Å². The molecular formula is C15H20N4. The second-order valence-corrected chi connectivity index (χ2v) is 5.19. The molecule has 1 saturated carbocycles. The maximum Gasteiger partial charge on any atom is 0.0832 e. The Morgan fingerprint density at radius 3 is 3.05 bits per heavy atom. The first kappa shape index (κ1) is 12.4. The van der Waals surface area contributed by atoms with E-state index in [0.717, 1.165) is 25.2 Å². The van der Waals surface area contributed by atoms with Gasteiger partial charge in [0.25, 0.3) is 0 Å². The molecule has 0 aromatic carbocycles. The van der Waals surface area contributed by atoms with E-state index in [-0.39, 0.29) is 0 Å². The van der Waals surface area contributed by atoms with Crippen molar-refractivity contribution in [3.05, 3.63) is 42.0 Å². The molecular weight excluding hydrogens is 236 g/mol. The smallest absolute Gasteiger partial charge is 0.0832 e. The molecule has 3 rings (SSSR count). The van der Waals surface area contributed by atoms with Gasteiger partial charge in [-0.05, 0) is 43.5 Å². The SMILES string of the molecule is CCCNCc1cncc(-n2ccc(C3CC3)n2)c1. The van der Waals surface area contributed by atoms with Crippen molar-refractivity contribution in [1.82, 2.24) is 20.1 Å². The van der Waals surface area contributed by atoms with Crippen molar-refractivity contribution in [3.8, 4) is 5.69 Å². The topological polar surface area (TPSA) is 42.7 Å². The molecule has 0 bridgehead atoms. The number of rotatable bonds is 6. The molecule has 19 heavy (non-hydrogen) atoms. The summed E-state index contributed by atoms with van der Waals surface area (Å²) in [6.45, 7) is 4.08. The van der Waals surface area contributed by atoms with Crippen LogP contribution < -0.4 is 5.32 Å². The number of pyridine rings is 1. The number of hydrogen-bond donors (Lipinski definition) is 1.